The molecule has 2 heteroatoms. The molecule has 80 valence electrons. The van der Waals surface area contributed by atoms with Crippen LogP contribution in [0.25, 0.3) is 0 Å². The van der Waals surface area contributed by atoms with E-state index >= 15 is 0 Å². The molecule has 3 heterocycles. The second-order valence-corrected chi connectivity index (χ2v) is 9.83. The second kappa shape index (κ2) is 3.74. The van der Waals surface area contributed by atoms with Crippen LogP contribution in [0.3, 0.4) is 0 Å². The molecule has 1 spiro atoms. The summed E-state index contributed by atoms with van der Waals surface area (Å²) >= 11 is 0. The van der Waals surface area contributed by atoms with Crippen LogP contribution >= 0.6 is 0 Å². The molecule has 1 fully saturated rings. The van der Waals surface area contributed by atoms with E-state index in [9.17, 15) is 0 Å². The van der Waals surface area contributed by atoms with E-state index in [0.717, 1.165) is 0 Å². The van der Waals surface area contributed by atoms with Gasteiger partial charge in [0.2, 0.25) is 0 Å². The zero-order valence-corrected chi connectivity index (χ0v) is 10.3. The lowest BCUT2D eigenvalue weighted by atomic mass is 10.1. The highest BCUT2D eigenvalue weighted by Gasteiger charge is 2.39. The van der Waals surface area contributed by atoms with Crippen molar-refractivity contribution in [3.63, 3.8) is 0 Å². The number of aromatic nitrogens is 1. The molecule has 1 nitrogen and oxygen atoms in total. The van der Waals surface area contributed by atoms with Crippen LogP contribution < -0.4 is 5.19 Å². The Hall–Kier alpha value is -0.633. The van der Waals surface area contributed by atoms with E-state index in [1.807, 2.05) is 6.20 Å². The van der Waals surface area contributed by atoms with Crippen molar-refractivity contribution < 1.29 is 0 Å². The van der Waals surface area contributed by atoms with Crippen molar-refractivity contribution >= 4 is 13.3 Å². The highest BCUT2D eigenvalue weighted by Crippen LogP contribution is 2.35. The van der Waals surface area contributed by atoms with Gasteiger partial charge in [0.05, 0.1) is 8.07 Å². The normalized spacial score (nSPS) is 23.7. The number of hydrogen-bond acceptors (Lipinski definition) is 1. The lowest BCUT2D eigenvalue weighted by Crippen LogP contribution is -2.52. The van der Waals surface area contributed by atoms with Gasteiger partial charge in [0, 0.05) is 12.4 Å². The van der Waals surface area contributed by atoms with E-state index in [1.54, 1.807) is 28.9 Å². The molecule has 0 saturated carbocycles. The van der Waals surface area contributed by atoms with Crippen molar-refractivity contribution in [2.24, 2.45) is 0 Å². The summed E-state index contributed by atoms with van der Waals surface area (Å²) in [6.45, 7) is 0. The highest BCUT2D eigenvalue weighted by atomic mass is 28.3. The van der Waals surface area contributed by atoms with Crippen molar-refractivity contribution in [2.75, 3.05) is 0 Å². The largest absolute Gasteiger partial charge is 0.265 e. The maximum Gasteiger partial charge on any atom is 0.0891 e. The van der Waals surface area contributed by atoms with E-state index in [4.69, 9.17) is 0 Å². The summed E-state index contributed by atoms with van der Waals surface area (Å²) in [5.74, 6) is 0. The van der Waals surface area contributed by atoms with E-state index < -0.39 is 8.07 Å². The molecule has 0 radical (unpaired) electrons. The molecule has 1 aromatic rings. The van der Waals surface area contributed by atoms with Crippen LogP contribution in [0.2, 0.25) is 18.1 Å². The van der Waals surface area contributed by atoms with Gasteiger partial charge in [0.25, 0.3) is 0 Å². The first kappa shape index (κ1) is 9.58. The van der Waals surface area contributed by atoms with Crippen molar-refractivity contribution in [1.82, 2.24) is 4.98 Å². The summed E-state index contributed by atoms with van der Waals surface area (Å²) in [4.78, 5) is 4.38. The zero-order chi connectivity index (χ0) is 10.1. The average Bonchev–Trinajstić information content (AvgIpc) is 2.31. The zero-order valence-electron chi connectivity index (χ0n) is 9.34. The molecule has 2 aliphatic rings. The standard InChI is InChI=1S/C13H19NSi/c1-2-8-15(9-3-1)10-4-5-12-6-7-14-11-13(12)15/h6-7,11H,1-5,8-10H2. The molecule has 0 bridgehead atoms. The van der Waals surface area contributed by atoms with Gasteiger partial charge in [0.15, 0.2) is 0 Å². The summed E-state index contributed by atoms with van der Waals surface area (Å²) < 4.78 is 0. The molecule has 0 aromatic carbocycles. The Morgan fingerprint density at radius 1 is 1.00 bits per heavy atom. The fraction of sp³-hybridized carbons (Fsp3) is 0.615. The van der Waals surface area contributed by atoms with Gasteiger partial charge < -0.3 is 0 Å². The van der Waals surface area contributed by atoms with Crippen LogP contribution in [0.5, 0.6) is 0 Å². The predicted octanol–water partition coefficient (Wildman–Crippen LogP) is 2.87. The monoisotopic (exact) mass is 217 g/mol. The van der Waals surface area contributed by atoms with E-state index in [2.05, 4.69) is 17.2 Å². The van der Waals surface area contributed by atoms with Crippen molar-refractivity contribution in [1.29, 1.82) is 0 Å². The van der Waals surface area contributed by atoms with Crippen LogP contribution in [0.1, 0.15) is 31.2 Å². The van der Waals surface area contributed by atoms with E-state index in [-0.39, 0.29) is 0 Å². The molecular weight excluding hydrogens is 198 g/mol. The molecule has 3 rings (SSSR count). The highest BCUT2D eigenvalue weighted by molar-refractivity contribution is 6.92. The molecule has 1 saturated heterocycles. The summed E-state index contributed by atoms with van der Waals surface area (Å²) in [7, 11) is -1.05. The Balaban J connectivity index is 2.04. The Labute approximate surface area is 92.9 Å². The number of rotatable bonds is 0. The molecule has 0 N–H and O–H groups in total. The third-order valence-corrected chi connectivity index (χ3v) is 9.92. The third kappa shape index (κ3) is 1.55. The van der Waals surface area contributed by atoms with Gasteiger partial charge in [-0.2, -0.15) is 0 Å². The van der Waals surface area contributed by atoms with Gasteiger partial charge in [0.1, 0.15) is 0 Å². The van der Waals surface area contributed by atoms with Gasteiger partial charge >= 0.3 is 0 Å². The molecule has 0 amide bonds. The van der Waals surface area contributed by atoms with Gasteiger partial charge in [-0.05, 0) is 23.2 Å². The van der Waals surface area contributed by atoms with Crippen molar-refractivity contribution in [3.05, 3.63) is 24.0 Å². The number of pyridine rings is 1. The molecule has 0 atom stereocenters. The molecular formula is C13H19NSi. The Morgan fingerprint density at radius 3 is 2.67 bits per heavy atom. The van der Waals surface area contributed by atoms with Crippen LogP contribution in [0, 0.1) is 0 Å². The van der Waals surface area contributed by atoms with E-state index in [1.165, 1.54) is 32.1 Å². The molecule has 2 aliphatic heterocycles. The topological polar surface area (TPSA) is 12.9 Å². The number of hydrogen-bond donors (Lipinski definition) is 0. The SMILES string of the molecule is c1cc2c(cn1)[Si]1(CCCCC1)CCC2. The van der Waals surface area contributed by atoms with Gasteiger partial charge in [-0.15, -0.1) is 0 Å². The number of nitrogens with zero attached hydrogens (tertiary/aromatic N) is 1. The van der Waals surface area contributed by atoms with Gasteiger partial charge in [-0.25, -0.2) is 0 Å². The minimum Gasteiger partial charge on any atom is -0.265 e. The molecule has 1 aromatic heterocycles. The number of aryl methyl sites for hydroxylation is 1. The average molecular weight is 217 g/mol. The maximum absolute atomic E-state index is 4.38. The third-order valence-electron chi connectivity index (χ3n) is 4.39. The minimum atomic E-state index is -1.05. The molecule has 15 heavy (non-hydrogen) atoms. The smallest absolute Gasteiger partial charge is 0.0891 e. The van der Waals surface area contributed by atoms with E-state index in [0.29, 0.717) is 0 Å². The van der Waals surface area contributed by atoms with Crippen LogP contribution in [0.4, 0.5) is 0 Å². The maximum atomic E-state index is 4.38. The summed E-state index contributed by atoms with van der Waals surface area (Å²) in [5.41, 5.74) is 1.64. The predicted molar refractivity (Wildman–Crippen MR) is 66.2 cm³/mol. The Morgan fingerprint density at radius 2 is 1.80 bits per heavy atom. The lowest BCUT2D eigenvalue weighted by molar-refractivity contribution is 0.699. The lowest BCUT2D eigenvalue weighted by Gasteiger charge is -2.39. The summed E-state index contributed by atoms with van der Waals surface area (Å²) in [6, 6.07) is 6.92. The van der Waals surface area contributed by atoms with Crippen molar-refractivity contribution in [2.45, 2.75) is 50.2 Å². The fourth-order valence-corrected chi connectivity index (χ4v) is 9.12. The molecule has 0 aliphatic carbocycles. The van der Waals surface area contributed by atoms with Crippen molar-refractivity contribution in [3.8, 4) is 0 Å². The van der Waals surface area contributed by atoms with Crippen LogP contribution in [-0.4, -0.2) is 13.1 Å². The summed E-state index contributed by atoms with van der Waals surface area (Å²) in [5, 5.41) is 1.73. The first-order chi connectivity index (χ1) is 7.41. The van der Waals surface area contributed by atoms with Gasteiger partial charge in [-0.3, -0.25) is 4.98 Å². The first-order valence-corrected chi connectivity index (χ1v) is 8.96. The Kier molecular flexibility index (Phi) is 2.39. The number of fused-ring (bicyclic) bond motifs is 2. The van der Waals surface area contributed by atoms with Crippen LogP contribution in [-0.2, 0) is 6.42 Å². The quantitative estimate of drug-likeness (QED) is 0.609. The first-order valence-electron chi connectivity index (χ1n) is 6.34. The second-order valence-electron chi connectivity index (χ2n) is 5.23. The van der Waals surface area contributed by atoms with Crippen LogP contribution in [0.15, 0.2) is 18.5 Å². The Bertz CT molecular complexity index is 355. The fourth-order valence-electron chi connectivity index (χ4n) is 3.62. The molecule has 0 unspecified atom stereocenters. The summed E-state index contributed by atoms with van der Waals surface area (Å²) in [6.07, 6.45) is 11.4. The van der Waals surface area contributed by atoms with Gasteiger partial charge in [-0.1, -0.05) is 43.8 Å². The minimum absolute atomic E-state index is 1.05.